The Hall–Kier alpha value is -3.18. The lowest BCUT2D eigenvalue weighted by Crippen LogP contribution is -2.20. The van der Waals surface area contributed by atoms with Gasteiger partial charge in [0.05, 0.1) is 12.1 Å². The van der Waals surface area contributed by atoms with E-state index in [4.69, 9.17) is 21.1 Å². The zero-order valence-corrected chi connectivity index (χ0v) is 17.1. The van der Waals surface area contributed by atoms with Gasteiger partial charge in [-0.3, -0.25) is 4.79 Å². The first-order valence-electron chi connectivity index (χ1n) is 9.19. The van der Waals surface area contributed by atoms with Crippen molar-refractivity contribution in [1.29, 1.82) is 0 Å². The van der Waals surface area contributed by atoms with Crippen LogP contribution in [0.3, 0.4) is 0 Å². The Labute approximate surface area is 175 Å². The molecule has 0 atom stereocenters. The lowest BCUT2D eigenvalue weighted by molar-refractivity contribution is -0.118. The van der Waals surface area contributed by atoms with Crippen LogP contribution in [0, 0.1) is 6.92 Å². The molecule has 150 valence electrons. The van der Waals surface area contributed by atoms with Gasteiger partial charge in [0.2, 0.25) is 0 Å². The molecule has 0 saturated heterocycles. The molecule has 0 heterocycles. The molecule has 3 aromatic carbocycles. The Morgan fingerprint density at radius 2 is 1.66 bits per heavy atom. The highest BCUT2D eigenvalue weighted by Gasteiger charge is 2.08. The average molecular weight is 411 g/mol. The van der Waals surface area contributed by atoms with Crippen molar-refractivity contribution in [1.82, 2.24) is 0 Å². The largest absolute Gasteiger partial charge is 0.497 e. The van der Waals surface area contributed by atoms with Gasteiger partial charge in [-0.15, -0.1) is 0 Å². The molecule has 6 heteroatoms. The molecule has 0 fully saturated rings. The molecule has 0 aliphatic carbocycles. The molecule has 29 heavy (non-hydrogen) atoms. The Bertz CT molecular complexity index is 957. The molecular weight excluding hydrogens is 388 g/mol. The standard InChI is InChI=1S/C23H23ClN2O3/c1-16-3-6-18(7-4-16)25-14-17-5-12-22(21(24)13-17)29-15-23(27)26-19-8-10-20(28-2)11-9-19/h3-13,25H,14-15H2,1-2H3,(H,26,27). The first-order chi connectivity index (χ1) is 14.0. The number of benzene rings is 3. The van der Waals surface area contributed by atoms with Crippen LogP contribution in [0.25, 0.3) is 0 Å². The molecule has 5 nitrogen and oxygen atoms in total. The van der Waals surface area contributed by atoms with E-state index in [-0.39, 0.29) is 12.5 Å². The quantitative estimate of drug-likeness (QED) is 0.530. The minimum absolute atomic E-state index is 0.132. The molecule has 0 aromatic heterocycles. The number of hydrogen-bond acceptors (Lipinski definition) is 4. The summed E-state index contributed by atoms with van der Waals surface area (Å²) in [4.78, 5) is 12.1. The molecule has 3 aromatic rings. The fourth-order valence-electron chi connectivity index (χ4n) is 2.66. The van der Waals surface area contributed by atoms with Crippen LogP contribution >= 0.6 is 11.6 Å². The van der Waals surface area contributed by atoms with Crippen LogP contribution in [0.2, 0.25) is 5.02 Å². The summed E-state index contributed by atoms with van der Waals surface area (Å²) in [5.41, 5.74) is 3.95. The van der Waals surface area contributed by atoms with Gasteiger partial charge < -0.3 is 20.1 Å². The lowest BCUT2D eigenvalue weighted by Gasteiger charge is -2.11. The van der Waals surface area contributed by atoms with Gasteiger partial charge in [-0.05, 0) is 61.0 Å². The van der Waals surface area contributed by atoms with Crippen molar-refractivity contribution >= 4 is 28.9 Å². The zero-order chi connectivity index (χ0) is 20.6. The number of aryl methyl sites for hydroxylation is 1. The maximum absolute atomic E-state index is 12.1. The molecule has 0 bridgehead atoms. The summed E-state index contributed by atoms with van der Waals surface area (Å²) in [5, 5.41) is 6.58. The van der Waals surface area contributed by atoms with E-state index < -0.39 is 0 Å². The normalized spacial score (nSPS) is 10.3. The van der Waals surface area contributed by atoms with Gasteiger partial charge in [-0.2, -0.15) is 0 Å². The van der Waals surface area contributed by atoms with Crippen LogP contribution in [0.5, 0.6) is 11.5 Å². The molecule has 0 spiro atoms. The second-order valence-electron chi connectivity index (χ2n) is 6.55. The SMILES string of the molecule is COc1ccc(NC(=O)COc2ccc(CNc3ccc(C)cc3)cc2Cl)cc1. The summed E-state index contributed by atoms with van der Waals surface area (Å²) in [6, 6.07) is 20.8. The van der Waals surface area contributed by atoms with Crippen molar-refractivity contribution in [3.05, 3.63) is 82.9 Å². The number of amides is 1. The van der Waals surface area contributed by atoms with Crippen LogP contribution < -0.4 is 20.1 Å². The van der Waals surface area contributed by atoms with Crippen LogP contribution in [-0.2, 0) is 11.3 Å². The van der Waals surface area contributed by atoms with Crippen LogP contribution in [0.4, 0.5) is 11.4 Å². The third-order valence-electron chi connectivity index (χ3n) is 4.28. The van der Waals surface area contributed by atoms with Crippen molar-refractivity contribution in [3.8, 4) is 11.5 Å². The van der Waals surface area contributed by atoms with Crippen LogP contribution in [-0.4, -0.2) is 19.6 Å². The minimum atomic E-state index is -0.267. The Kier molecular flexibility index (Phi) is 6.98. The van der Waals surface area contributed by atoms with E-state index in [9.17, 15) is 4.79 Å². The van der Waals surface area contributed by atoms with Gasteiger partial charge in [0.25, 0.3) is 5.91 Å². The highest BCUT2D eigenvalue weighted by atomic mass is 35.5. The van der Waals surface area contributed by atoms with E-state index in [1.165, 1.54) is 5.56 Å². The fourth-order valence-corrected chi connectivity index (χ4v) is 2.92. The summed E-state index contributed by atoms with van der Waals surface area (Å²) >= 11 is 6.31. The zero-order valence-electron chi connectivity index (χ0n) is 16.4. The van der Waals surface area contributed by atoms with E-state index in [1.807, 2.05) is 24.3 Å². The van der Waals surface area contributed by atoms with Crippen molar-refractivity contribution in [3.63, 3.8) is 0 Å². The third kappa shape index (κ3) is 6.16. The van der Waals surface area contributed by atoms with Gasteiger partial charge in [-0.25, -0.2) is 0 Å². The summed E-state index contributed by atoms with van der Waals surface area (Å²) in [6.45, 7) is 2.56. The molecular formula is C23H23ClN2O3. The number of anilines is 2. The maximum atomic E-state index is 12.1. The number of carbonyl (C=O) groups is 1. The van der Waals surface area contributed by atoms with E-state index >= 15 is 0 Å². The number of carbonyl (C=O) groups excluding carboxylic acids is 1. The summed E-state index contributed by atoms with van der Waals surface area (Å²) < 4.78 is 10.7. The second kappa shape index (κ2) is 9.85. The number of nitrogens with one attached hydrogen (secondary N) is 2. The molecule has 0 saturated carbocycles. The van der Waals surface area contributed by atoms with Crippen molar-refractivity contribution in [2.45, 2.75) is 13.5 Å². The van der Waals surface area contributed by atoms with Gasteiger partial charge in [0.1, 0.15) is 11.5 Å². The monoisotopic (exact) mass is 410 g/mol. The van der Waals surface area contributed by atoms with Crippen molar-refractivity contribution in [2.24, 2.45) is 0 Å². The van der Waals surface area contributed by atoms with E-state index in [2.05, 4.69) is 29.7 Å². The number of halogens is 1. The predicted octanol–water partition coefficient (Wildman–Crippen LogP) is 5.29. The Morgan fingerprint density at radius 1 is 0.966 bits per heavy atom. The van der Waals surface area contributed by atoms with Crippen LogP contribution in [0.1, 0.15) is 11.1 Å². The second-order valence-corrected chi connectivity index (χ2v) is 6.96. The lowest BCUT2D eigenvalue weighted by atomic mass is 10.2. The van der Waals surface area contributed by atoms with Gasteiger partial charge in [0, 0.05) is 17.9 Å². The number of ether oxygens (including phenoxy) is 2. The van der Waals surface area contributed by atoms with Crippen molar-refractivity contribution in [2.75, 3.05) is 24.4 Å². The summed E-state index contributed by atoms with van der Waals surface area (Å²) in [5.74, 6) is 0.926. The smallest absolute Gasteiger partial charge is 0.262 e. The first-order valence-corrected chi connectivity index (χ1v) is 9.57. The Balaban J connectivity index is 1.50. The molecule has 2 N–H and O–H groups in total. The predicted molar refractivity (Wildman–Crippen MR) is 117 cm³/mol. The van der Waals surface area contributed by atoms with Crippen molar-refractivity contribution < 1.29 is 14.3 Å². The van der Waals surface area contributed by atoms with E-state index in [1.54, 1.807) is 37.4 Å². The molecule has 0 aliphatic heterocycles. The fraction of sp³-hybridized carbons (Fsp3) is 0.174. The van der Waals surface area contributed by atoms with Gasteiger partial charge in [-0.1, -0.05) is 35.4 Å². The van der Waals surface area contributed by atoms with E-state index in [0.717, 1.165) is 17.0 Å². The molecule has 1 amide bonds. The highest BCUT2D eigenvalue weighted by molar-refractivity contribution is 6.32. The minimum Gasteiger partial charge on any atom is -0.497 e. The molecule has 0 radical (unpaired) electrons. The summed E-state index contributed by atoms with van der Waals surface area (Å²) in [6.07, 6.45) is 0. The Morgan fingerprint density at radius 3 is 2.31 bits per heavy atom. The maximum Gasteiger partial charge on any atom is 0.262 e. The van der Waals surface area contributed by atoms with Crippen LogP contribution in [0.15, 0.2) is 66.7 Å². The number of rotatable bonds is 8. The highest BCUT2D eigenvalue weighted by Crippen LogP contribution is 2.26. The third-order valence-corrected chi connectivity index (χ3v) is 4.57. The van der Waals surface area contributed by atoms with Gasteiger partial charge in [0.15, 0.2) is 6.61 Å². The number of hydrogen-bond donors (Lipinski definition) is 2. The van der Waals surface area contributed by atoms with Gasteiger partial charge >= 0.3 is 0 Å². The topological polar surface area (TPSA) is 59.6 Å². The molecule has 0 unspecified atom stereocenters. The molecule has 0 aliphatic rings. The summed E-state index contributed by atoms with van der Waals surface area (Å²) in [7, 11) is 1.59. The first kappa shape index (κ1) is 20.6. The number of methoxy groups -OCH3 is 1. The molecule has 3 rings (SSSR count). The average Bonchev–Trinajstić information content (AvgIpc) is 2.73. The van der Waals surface area contributed by atoms with E-state index in [0.29, 0.717) is 23.0 Å².